The summed E-state index contributed by atoms with van der Waals surface area (Å²) in [4.78, 5) is 35.6. The van der Waals surface area contributed by atoms with Crippen molar-refractivity contribution in [2.45, 2.75) is 38.5 Å². The van der Waals surface area contributed by atoms with E-state index in [1.54, 1.807) is 0 Å². The molecule has 0 saturated carbocycles. The molecule has 1 aliphatic heterocycles. The Morgan fingerprint density at radius 2 is 1.89 bits per heavy atom. The number of imidazole rings is 1. The number of ether oxygens (including phenoxy) is 2. The van der Waals surface area contributed by atoms with Crippen LogP contribution in [0.3, 0.4) is 0 Å². The van der Waals surface area contributed by atoms with Crippen molar-refractivity contribution >= 4 is 18.2 Å². The first kappa shape index (κ1) is 35.5. The Morgan fingerprint density at radius 1 is 1.11 bits per heavy atom. The number of aromatic nitrogens is 3. The summed E-state index contributed by atoms with van der Waals surface area (Å²) >= 11 is 0. The SMILES string of the molecule is CCCOc1ccc(-c2ccc(C(C(=O)OCCC(=O)O)N3Cc4[nH]c(-c5cccc(F)c5F)nc4C=N3)cn2)c(C(F)(F)F)c1.[H-].[Na+]. The number of nitrogens with zero attached hydrogens (tertiary/aromatic N) is 4. The standard InChI is InChI=1S/C31H26F5N5O5.Na.H/c1-2-11-45-18-7-8-19(21(13-18)31(34,35)36)23-9-6-17(14-37-23)28(30(44)46-12-10-26(42)43)41-16-25-24(15-38-41)39-29(40-25)20-4-3-5-22(32)27(20)33;;/h3-9,13-15,28H,2,10-12,16H2,1H3,(H,39,40)(H,42,43);;/q;+1;-1. The zero-order valence-electron chi connectivity index (χ0n) is 26.1. The minimum Gasteiger partial charge on any atom is -1.00 e. The van der Waals surface area contributed by atoms with Gasteiger partial charge in [0.05, 0.1) is 48.3 Å². The molecule has 0 spiro atoms. The van der Waals surface area contributed by atoms with Crippen LogP contribution in [0.4, 0.5) is 22.0 Å². The number of carbonyl (C=O) groups excluding carboxylic acids is 1. The van der Waals surface area contributed by atoms with Crippen LogP contribution in [0.25, 0.3) is 22.6 Å². The monoisotopic (exact) mass is 667 g/mol. The number of H-pyrrole nitrogens is 1. The van der Waals surface area contributed by atoms with E-state index >= 15 is 0 Å². The molecule has 0 aliphatic carbocycles. The molecule has 0 bridgehead atoms. The molecule has 0 fully saturated rings. The first-order valence-corrected chi connectivity index (χ1v) is 14.0. The molecule has 2 aromatic carbocycles. The molecule has 2 aromatic heterocycles. The van der Waals surface area contributed by atoms with Crippen LogP contribution in [0.15, 0.2) is 59.8 Å². The number of aliphatic carboxylic acids is 1. The molecule has 2 N–H and O–H groups in total. The van der Waals surface area contributed by atoms with E-state index < -0.39 is 54.4 Å². The van der Waals surface area contributed by atoms with Gasteiger partial charge in [-0.2, -0.15) is 18.3 Å². The molecule has 1 aliphatic rings. The number of carboxylic acid groups (broad SMARTS) is 1. The Kier molecular flexibility index (Phi) is 11.4. The van der Waals surface area contributed by atoms with Crippen LogP contribution >= 0.6 is 0 Å². The number of benzene rings is 2. The Bertz CT molecular complexity index is 1790. The van der Waals surface area contributed by atoms with Gasteiger partial charge in [0.15, 0.2) is 17.7 Å². The molecule has 242 valence electrons. The summed E-state index contributed by atoms with van der Waals surface area (Å²) in [6, 6.07) is 8.56. The van der Waals surface area contributed by atoms with E-state index in [0.717, 1.165) is 12.1 Å². The summed E-state index contributed by atoms with van der Waals surface area (Å²) in [7, 11) is 0. The van der Waals surface area contributed by atoms with E-state index in [9.17, 15) is 31.5 Å². The zero-order chi connectivity index (χ0) is 33.0. The third-order valence-corrected chi connectivity index (χ3v) is 6.89. The number of hydrazone groups is 1. The first-order chi connectivity index (χ1) is 22.0. The fourth-order valence-corrected chi connectivity index (χ4v) is 4.72. The van der Waals surface area contributed by atoms with Gasteiger partial charge in [-0.25, -0.2) is 18.6 Å². The molecule has 1 atom stereocenters. The van der Waals surface area contributed by atoms with Crippen LogP contribution in [0.5, 0.6) is 5.75 Å². The van der Waals surface area contributed by atoms with Gasteiger partial charge in [0.1, 0.15) is 23.9 Å². The molecule has 4 aromatic rings. The van der Waals surface area contributed by atoms with Gasteiger partial charge in [0, 0.05) is 17.3 Å². The van der Waals surface area contributed by atoms with E-state index in [1.165, 1.54) is 53.8 Å². The van der Waals surface area contributed by atoms with Crippen LogP contribution < -0.4 is 34.3 Å². The molecule has 10 nitrogen and oxygen atoms in total. The number of nitrogens with one attached hydrogen (secondary N) is 1. The van der Waals surface area contributed by atoms with Crippen molar-refractivity contribution in [3.8, 4) is 28.4 Å². The van der Waals surface area contributed by atoms with Crippen LogP contribution in [-0.2, 0) is 27.0 Å². The average molecular weight is 668 g/mol. The molecular weight excluding hydrogens is 640 g/mol. The Hall–Kier alpha value is -4.34. The van der Waals surface area contributed by atoms with Gasteiger partial charge in [-0.3, -0.25) is 14.8 Å². The summed E-state index contributed by atoms with van der Waals surface area (Å²) in [6.45, 7) is 1.52. The second-order valence-electron chi connectivity index (χ2n) is 10.1. The normalized spacial score (nSPS) is 13.0. The summed E-state index contributed by atoms with van der Waals surface area (Å²) in [6.07, 6.45) is -2.08. The van der Waals surface area contributed by atoms with Crippen LogP contribution in [0.2, 0.25) is 0 Å². The van der Waals surface area contributed by atoms with Gasteiger partial charge in [-0.15, -0.1) is 0 Å². The smallest absolute Gasteiger partial charge is 1.00 e. The summed E-state index contributed by atoms with van der Waals surface area (Å²) < 4.78 is 80.7. The maximum atomic E-state index is 14.4. The van der Waals surface area contributed by atoms with Crippen LogP contribution in [0.1, 0.15) is 49.7 Å². The number of aromatic amines is 1. The molecule has 1 unspecified atom stereocenters. The first-order valence-electron chi connectivity index (χ1n) is 14.0. The van der Waals surface area contributed by atoms with E-state index in [-0.39, 0.29) is 78.1 Å². The van der Waals surface area contributed by atoms with Crippen LogP contribution in [0, 0.1) is 11.6 Å². The predicted molar refractivity (Wildman–Crippen MR) is 155 cm³/mol. The third kappa shape index (κ3) is 8.15. The largest absolute Gasteiger partial charge is 1.00 e. The summed E-state index contributed by atoms with van der Waals surface area (Å²) in [5.74, 6) is -4.19. The number of hydrogen-bond acceptors (Lipinski definition) is 8. The van der Waals surface area contributed by atoms with Gasteiger partial charge in [-0.1, -0.05) is 19.1 Å². The Morgan fingerprint density at radius 3 is 2.57 bits per heavy atom. The Balaban J connectivity index is 0.00000312. The van der Waals surface area contributed by atoms with Crippen molar-refractivity contribution in [2.24, 2.45) is 5.10 Å². The second kappa shape index (κ2) is 15.0. The van der Waals surface area contributed by atoms with E-state index in [0.29, 0.717) is 17.8 Å². The molecule has 0 radical (unpaired) electrons. The molecule has 16 heteroatoms. The van der Waals surface area contributed by atoms with Gasteiger partial charge >= 0.3 is 47.7 Å². The van der Waals surface area contributed by atoms with Gasteiger partial charge in [0.25, 0.3) is 0 Å². The van der Waals surface area contributed by atoms with E-state index in [1.807, 2.05) is 6.92 Å². The number of carboxylic acids is 1. The van der Waals surface area contributed by atoms with Crippen molar-refractivity contribution in [1.82, 2.24) is 20.0 Å². The third-order valence-electron chi connectivity index (χ3n) is 6.89. The maximum absolute atomic E-state index is 14.4. The minimum absolute atomic E-state index is 0. The van der Waals surface area contributed by atoms with Crippen molar-refractivity contribution < 1.29 is 77.1 Å². The van der Waals surface area contributed by atoms with Crippen molar-refractivity contribution in [1.29, 1.82) is 0 Å². The number of hydrogen-bond donors (Lipinski definition) is 2. The summed E-state index contributed by atoms with van der Waals surface area (Å²) in [5.41, 5.74) is -0.452. The number of carbonyl (C=O) groups is 2. The quantitative estimate of drug-likeness (QED) is 0.142. The average Bonchev–Trinajstić information content (AvgIpc) is 3.44. The second-order valence-corrected chi connectivity index (χ2v) is 10.1. The fraction of sp³-hybridized carbons (Fsp3) is 0.258. The Labute approximate surface area is 288 Å². The number of pyridine rings is 1. The van der Waals surface area contributed by atoms with Crippen molar-refractivity contribution in [3.05, 3.63) is 88.9 Å². The molecular formula is C31H27F5N5NaO5. The van der Waals surface area contributed by atoms with Gasteiger partial charge in [-0.05, 0) is 42.8 Å². The number of rotatable bonds is 11. The molecule has 47 heavy (non-hydrogen) atoms. The molecule has 0 amide bonds. The number of fused-ring (bicyclic) bond motifs is 1. The van der Waals surface area contributed by atoms with E-state index in [4.69, 9.17) is 14.6 Å². The zero-order valence-corrected chi connectivity index (χ0v) is 27.1. The molecule has 5 rings (SSSR count). The van der Waals surface area contributed by atoms with Crippen molar-refractivity contribution in [2.75, 3.05) is 13.2 Å². The topological polar surface area (TPSA) is 130 Å². The fourth-order valence-electron chi connectivity index (χ4n) is 4.72. The number of esters is 1. The number of halogens is 5. The summed E-state index contributed by atoms with van der Waals surface area (Å²) in [5, 5.41) is 14.5. The van der Waals surface area contributed by atoms with Crippen LogP contribution in [-0.4, -0.2) is 56.4 Å². The van der Waals surface area contributed by atoms with E-state index in [2.05, 4.69) is 20.1 Å². The molecule has 3 heterocycles. The predicted octanol–water partition coefficient (Wildman–Crippen LogP) is 3.25. The van der Waals surface area contributed by atoms with Crippen molar-refractivity contribution in [3.63, 3.8) is 0 Å². The minimum atomic E-state index is -4.71. The maximum Gasteiger partial charge on any atom is 1.00 e. The van der Waals surface area contributed by atoms with Gasteiger partial charge in [0.2, 0.25) is 0 Å². The number of alkyl halides is 3. The molecule has 0 saturated heterocycles. The van der Waals surface area contributed by atoms with Gasteiger partial charge < -0.3 is 21.0 Å².